The third kappa shape index (κ3) is 2.81. The molecule has 0 bridgehead atoms. The average Bonchev–Trinajstić information content (AvgIpc) is 2.84. The molecule has 2 aliphatic carbocycles. The van der Waals surface area contributed by atoms with Gasteiger partial charge < -0.3 is 0 Å². The molecule has 0 saturated heterocycles. The minimum absolute atomic E-state index is 0.410. The van der Waals surface area contributed by atoms with Gasteiger partial charge in [0.1, 0.15) is 0 Å². The van der Waals surface area contributed by atoms with Gasteiger partial charge in [-0.15, -0.1) is 0 Å². The molecule has 0 N–H and O–H groups in total. The quantitative estimate of drug-likeness (QED) is 0.666. The molecular weight excluding hydrogens is 283 g/mol. The third-order valence-electron chi connectivity index (χ3n) is 3.75. The fraction of sp³-hybridized carbons (Fsp3) is 0.500. The molecule has 2 aliphatic rings. The van der Waals surface area contributed by atoms with Crippen LogP contribution in [0, 0.1) is 0 Å². The molecule has 0 saturated carbocycles. The summed E-state index contributed by atoms with van der Waals surface area (Å²) in [6.45, 7) is 9.25. The molecule has 0 spiro atoms. The Balaban J connectivity index is 2.21. The molecule has 0 radical (unpaired) electrons. The summed E-state index contributed by atoms with van der Waals surface area (Å²) in [4.78, 5) is 0. The summed E-state index contributed by atoms with van der Waals surface area (Å²) in [5.41, 5.74) is 2.99. The van der Waals surface area contributed by atoms with Gasteiger partial charge in [0.25, 0.3) is 0 Å². The Morgan fingerprint density at radius 1 is 1.12 bits per heavy atom. The van der Waals surface area contributed by atoms with Crippen molar-refractivity contribution in [2.24, 2.45) is 0 Å². The second kappa shape index (κ2) is 4.84. The molecule has 0 amide bonds. The molecule has 0 aromatic carbocycles. The first-order valence-electron chi connectivity index (χ1n) is 6.60. The van der Waals surface area contributed by atoms with Crippen LogP contribution in [0.4, 0.5) is 0 Å². The zero-order chi connectivity index (χ0) is 12.5. The SMILES string of the molecule is CCC1=C[C](CC)([Zr][C]2(C)C=CC(C)=C2)C=C1. The van der Waals surface area contributed by atoms with Gasteiger partial charge in [-0.25, -0.2) is 0 Å². The van der Waals surface area contributed by atoms with Crippen molar-refractivity contribution in [3.05, 3.63) is 47.6 Å². The Kier molecular flexibility index (Phi) is 3.78. The molecule has 0 nitrogen and oxygen atoms in total. The van der Waals surface area contributed by atoms with Crippen molar-refractivity contribution in [1.82, 2.24) is 0 Å². The van der Waals surface area contributed by atoms with Gasteiger partial charge in [0.05, 0.1) is 0 Å². The van der Waals surface area contributed by atoms with Crippen molar-refractivity contribution in [2.75, 3.05) is 0 Å². The first-order valence-corrected chi connectivity index (χ1v) is 9.06. The van der Waals surface area contributed by atoms with E-state index >= 15 is 0 Å². The molecule has 1 heteroatoms. The van der Waals surface area contributed by atoms with E-state index in [2.05, 4.69) is 64.2 Å². The predicted molar refractivity (Wildman–Crippen MR) is 71.8 cm³/mol. The Bertz CT molecular complexity index is 425. The van der Waals surface area contributed by atoms with Crippen molar-refractivity contribution in [3.63, 3.8) is 0 Å². The van der Waals surface area contributed by atoms with Crippen LogP contribution in [0.25, 0.3) is 0 Å². The van der Waals surface area contributed by atoms with E-state index in [1.165, 1.54) is 18.4 Å². The Morgan fingerprint density at radius 3 is 2.35 bits per heavy atom. The van der Waals surface area contributed by atoms with E-state index in [1.807, 2.05) is 0 Å². The summed E-state index contributed by atoms with van der Waals surface area (Å²) in [6.07, 6.45) is 17.1. The van der Waals surface area contributed by atoms with Gasteiger partial charge in [-0.3, -0.25) is 0 Å². The van der Waals surface area contributed by atoms with E-state index in [1.54, 1.807) is 5.57 Å². The van der Waals surface area contributed by atoms with Crippen LogP contribution in [0.2, 0.25) is 6.25 Å². The van der Waals surface area contributed by atoms with Crippen LogP contribution in [-0.2, 0) is 23.2 Å². The average molecular weight is 306 g/mol. The summed E-state index contributed by atoms with van der Waals surface area (Å²) >= 11 is -0.560. The van der Waals surface area contributed by atoms with Gasteiger partial charge >= 0.3 is 118 Å². The van der Waals surface area contributed by atoms with Gasteiger partial charge in [0.15, 0.2) is 0 Å². The van der Waals surface area contributed by atoms with E-state index in [-0.39, 0.29) is 0 Å². The van der Waals surface area contributed by atoms with Crippen LogP contribution in [-0.4, -0.2) is 0 Å². The Morgan fingerprint density at radius 2 is 1.88 bits per heavy atom. The molecule has 0 aromatic heterocycles. The molecule has 0 aromatic rings. The van der Waals surface area contributed by atoms with Crippen LogP contribution in [0.3, 0.4) is 0 Å². The second-order valence-corrected chi connectivity index (χ2v) is 11.0. The van der Waals surface area contributed by atoms with Crippen LogP contribution in [0.15, 0.2) is 47.6 Å². The summed E-state index contributed by atoms with van der Waals surface area (Å²) < 4.78 is 0.863. The Hall–Kier alpha value is -0.157. The number of allylic oxidation sites excluding steroid dienone is 8. The van der Waals surface area contributed by atoms with Crippen LogP contribution in [0.5, 0.6) is 0 Å². The minimum atomic E-state index is -0.560. The molecule has 90 valence electrons. The maximum atomic E-state index is 2.57. The molecule has 17 heavy (non-hydrogen) atoms. The fourth-order valence-electron chi connectivity index (χ4n) is 2.74. The van der Waals surface area contributed by atoms with Crippen molar-refractivity contribution in [1.29, 1.82) is 0 Å². The summed E-state index contributed by atoms with van der Waals surface area (Å²) in [7, 11) is 0. The summed E-state index contributed by atoms with van der Waals surface area (Å²) in [5, 5.41) is 0. The van der Waals surface area contributed by atoms with Gasteiger partial charge in [0.2, 0.25) is 0 Å². The molecule has 0 heterocycles. The second-order valence-electron chi connectivity index (χ2n) is 5.43. The first kappa shape index (κ1) is 13.3. The molecule has 2 rings (SSSR count). The van der Waals surface area contributed by atoms with Crippen molar-refractivity contribution < 1.29 is 23.2 Å². The van der Waals surface area contributed by atoms with E-state index in [4.69, 9.17) is 0 Å². The summed E-state index contributed by atoms with van der Waals surface area (Å²) in [5.74, 6) is 0. The normalized spacial score (nSPS) is 35.1. The van der Waals surface area contributed by atoms with E-state index < -0.39 is 23.2 Å². The van der Waals surface area contributed by atoms with Crippen LogP contribution in [0.1, 0.15) is 40.5 Å². The zero-order valence-corrected chi connectivity index (χ0v) is 13.8. The van der Waals surface area contributed by atoms with Crippen LogP contribution < -0.4 is 0 Å². The number of hydrogen-bond acceptors (Lipinski definition) is 0. The van der Waals surface area contributed by atoms with E-state index in [9.17, 15) is 0 Å². The van der Waals surface area contributed by atoms with Gasteiger partial charge in [0, 0.05) is 0 Å². The summed E-state index contributed by atoms with van der Waals surface area (Å²) in [6, 6.07) is 0. The molecule has 0 aliphatic heterocycles. The third-order valence-corrected chi connectivity index (χ3v) is 8.62. The first-order chi connectivity index (χ1) is 8.01. The standard InChI is InChI=1S/C9H13.C7H9.Zr/c1-3-8-5-6-9(4-2)7-8;1-6-3-4-7(2)5-6;/h5-7H,3-4H2,1-2H3;3-5H,1-2H3;. The van der Waals surface area contributed by atoms with Gasteiger partial charge in [-0.05, 0) is 0 Å². The van der Waals surface area contributed by atoms with Gasteiger partial charge in [-0.2, -0.15) is 0 Å². The molecule has 2 unspecified atom stereocenters. The zero-order valence-electron chi connectivity index (χ0n) is 11.4. The predicted octanol–water partition coefficient (Wildman–Crippen LogP) is 5.24. The fourth-order valence-corrected chi connectivity index (χ4v) is 7.83. The maximum absolute atomic E-state index is 2.57. The van der Waals surface area contributed by atoms with Crippen LogP contribution >= 0.6 is 0 Å². The monoisotopic (exact) mass is 304 g/mol. The molecular formula is C16H22Zr. The number of hydrogen-bond donors (Lipinski definition) is 0. The van der Waals surface area contributed by atoms with Crippen molar-refractivity contribution >= 4 is 0 Å². The Labute approximate surface area is 117 Å². The van der Waals surface area contributed by atoms with E-state index in [0.717, 1.165) is 0 Å². The number of rotatable bonds is 4. The van der Waals surface area contributed by atoms with E-state index in [0.29, 0.717) is 6.25 Å². The molecule has 2 atom stereocenters. The topological polar surface area (TPSA) is 0 Å². The molecule has 0 fully saturated rings. The van der Waals surface area contributed by atoms with Crippen molar-refractivity contribution in [3.8, 4) is 0 Å². The van der Waals surface area contributed by atoms with Crippen molar-refractivity contribution in [2.45, 2.75) is 46.8 Å². The van der Waals surface area contributed by atoms with Gasteiger partial charge in [-0.1, -0.05) is 0 Å².